The SMILES string of the molecule is CCc1ccc(-n2ccc3c2CC(C)(C)CC3N)cc1. The molecule has 1 aromatic carbocycles. The van der Waals surface area contributed by atoms with Gasteiger partial charge >= 0.3 is 0 Å². The van der Waals surface area contributed by atoms with Crippen molar-refractivity contribution < 1.29 is 0 Å². The Hall–Kier alpha value is -1.54. The summed E-state index contributed by atoms with van der Waals surface area (Å²) in [5, 5.41) is 0. The standard InChI is InChI=1S/C18H24N2/c1-4-13-5-7-14(8-6-13)20-10-9-15-16(19)11-18(2,3)12-17(15)20/h5-10,16H,4,11-12,19H2,1-3H3. The summed E-state index contributed by atoms with van der Waals surface area (Å²) in [7, 11) is 0. The Morgan fingerprint density at radius 2 is 1.90 bits per heavy atom. The summed E-state index contributed by atoms with van der Waals surface area (Å²) in [4.78, 5) is 0. The molecule has 0 saturated carbocycles. The summed E-state index contributed by atoms with van der Waals surface area (Å²) in [6.45, 7) is 6.81. The fourth-order valence-electron chi connectivity index (χ4n) is 3.37. The minimum absolute atomic E-state index is 0.171. The van der Waals surface area contributed by atoms with E-state index in [0.29, 0.717) is 0 Å². The maximum Gasteiger partial charge on any atom is 0.0452 e. The van der Waals surface area contributed by atoms with Crippen LogP contribution in [0.25, 0.3) is 5.69 Å². The van der Waals surface area contributed by atoms with Gasteiger partial charge in [-0.15, -0.1) is 0 Å². The number of hydrogen-bond acceptors (Lipinski definition) is 1. The molecular weight excluding hydrogens is 244 g/mol. The second-order valence-corrected chi connectivity index (χ2v) is 6.76. The van der Waals surface area contributed by atoms with E-state index in [2.05, 4.69) is 61.9 Å². The average Bonchev–Trinajstić information content (AvgIpc) is 2.81. The summed E-state index contributed by atoms with van der Waals surface area (Å²) in [5.74, 6) is 0. The normalized spacial score (nSPS) is 20.7. The fourth-order valence-corrected chi connectivity index (χ4v) is 3.37. The molecule has 0 amide bonds. The number of nitrogens with two attached hydrogens (primary N) is 1. The zero-order valence-corrected chi connectivity index (χ0v) is 12.7. The Balaban J connectivity index is 2.03. The van der Waals surface area contributed by atoms with Gasteiger partial charge in [-0.05, 0) is 54.0 Å². The molecule has 1 unspecified atom stereocenters. The van der Waals surface area contributed by atoms with Gasteiger partial charge in [-0.2, -0.15) is 0 Å². The number of aryl methyl sites for hydroxylation is 1. The average molecular weight is 268 g/mol. The zero-order valence-electron chi connectivity index (χ0n) is 12.7. The third-order valence-electron chi connectivity index (χ3n) is 4.47. The third-order valence-corrected chi connectivity index (χ3v) is 4.47. The summed E-state index contributed by atoms with van der Waals surface area (Å²) >= 11 is 0. The van der Waals surface area contributed by atoms with Crippen molar-refractivity contribution in [3.8, 4) is 5.69 Å². The van der Waals surface area contributed by atoms with E-state index >= 15 is 0 Å². The molecular formula is C18H24N2. The first-order chi connectivity index (χ1) is 9.50. The first-order valence-corrected chi connectivity index (χ1v) is 7.55. The number of hydrogen-bond donors (Lipinski definition) is 1. The van der Waals surface area contributed by atoms with E-state index in [0.717, 1.165) is 19.3 Å². The molecule has 0 fully saturated rings. The van der Waals surface area contributed by atoms with Crippen LogP contribution in [0.1, 0.15) is 50.1 Å². The topological polar surface area (TPSA) is 30.9 Å². The van der Waals surface area contributed by atoms with E-state index in [1.54, 1.807) is 0 Å². The Kier molecular flexibility index (Phi) is 3.21. The molecule has 1 aliphatic rings. The van der Waals surface area contributed by atoms with E-state index in [4.69, 9.17) is 5.73 Å². The predicted octanol–water partition coefficient (Wildman–Crippen LogP) is 4.01. The zero-order chi connectivity index (χ0) is 14.3. The van der Waals surface area contributed by atoms with Crippen LogP contribution in [-0.4, -0.2) is 4.57 Å². The van der Waals surface area contributed by atoms with Crippen LogP contribution in [0.4, 0.5) is 0 Å². The highest BCUT2D eigenvalue weighted by atomic mass is 15.0. The molecule has 0 radical (unpaired) electrons. The van der Waals surface area contributed by atoms with Crippen LogP contribution in [0.3, 0.4) is 0 Å². The van der Waals surface area contributed by atoms with Crippen molar-refractivity contribution in [3.05, 3.63) is 53.3 Å². The molecule has 1 atom stereocenters. The summed E-state index contributed by atoms with van der Waals surface area (Å²) in [5.41, 5.74) is 12.0. The molecule has 20 heavy (non-hydrogen) atoms. The van der Waals surface area contributed by atoms with E-state index in [-0.39, 0.29) is 11.5 Å². The van der Waals surface area contributed by atoms with Crippen LogP contribution in [0.15, 0.2) is 36.5 Å². The minimum atomic E-state index is 0.171. The lowest BCUT2D eigenvalue weighted by Crippen LogP contribution is -2.30. The van der Waals surface area contributed by atoms with Gasteiger partial charge in [0.25, 0.3) is 0 Å². The predicted molar refractivity (Wildman–Crippen MR) is 84.2 cm³/mol. The van der Waals surface area contributed by atoms with Crippen LogP contribution < -0.4 is 5.73 Å². The van der Waals surface area contributed by atoms with Crippen molar-refractivity contribution in [2.75, 3.05) is 0 Å². The van der Waals surface area contributed by atoms with Crippen molar-refractivity contribution in [3.63, 3.8) is 0 Å². The quantitative estimate of drug-likeness (QED) is 0.876. The molecule has 2 nitrogen and oxygen atoms in total. The second-order valence-electron chi connectivity index (χ2n) is 6.76. The highest BCUT2D eigenvalue weighted by Crippen LogP contribution is 2.40. The number of benzene rings is 1. The van der Waals surface area contributed by atoms with Gasteiger partial charge in [0.05, 0.1) is 0 Å². The first kappa shape index (κ1) is 13.4. The van der Waals surface area contributed by atoms with Gasteiger partial charge in [0.2, 0.25) is 0 Å². The molecule has 0 bridgehead atoms. The molecule has 106 valence electrons. The molecule has 2 N–H and O–H groups in total. The van der Waals surface area contributed by atoms with Crippen LogP contribution in [0.2, 0.25) is 0 Å². The number of nitrogens with zero attached hydrogens (tertiary/aromatic N) is 1. The Bertz CT molecular complexity index is 605. The number of aromatic nitrogens is 1. The molecule has 0 spiro atoms. The van der Waals surface area contributed by atoms with Crippen LogP contribution in [0.5, 0.6) is 0 Å². The first-order valence-electron chi connectivity index (χ1n) is 7.55. The lowest BCUT2D eigenvalue weighted by Gasteiger charge is -2.34. The summed E-state index contributed by atoms with van der Waals surface area (Å²) in [6.07, 6.45) is 5.42. The van der Waals surface area contributed by atoms with Gasteiger partial charge in [0.15, 0.2) is 0 Å². The minimum Gasteiger partial charge on any atom is -0.324 e. The Morgan fingerprint density at radius 3 is 2.55 bits per heavy atom. The molecule has 0 saturated heterocycles. The maximum absolute atomic E-state index is 6.35. The van der Waals surface area contributed by atoms with E-state index in [1.165, 1.54) is 22.5 Å². The fraction of sp³-hybridized carbons (Fsp3) is 0.444. The highest BCUT2D eigenvalue weighted by molar-refractivity contribution is 5.42. The third kappa shape index (κ3) is 2.29. The van der Waals surface area contributed by atoms with E-state index in [9.17, 15) is 0 Å². The lowest BCUT2D eigenvalue weighted by molar-refractivity contribution is 0.278. The lowest BCUT2D eigenvalue weighted by atomic mass is 9.74. The monoisotopic (exact) mass is 268 g/mol. The summed E-state index contributed by atoms with van der Waals surface area (Å²) < 4.78 is 2.32. The Labute approximate surface area is 121 Å². The molecule has 1 aromatic heterocycles. The number of rotatable bonds is 2. The van der Waals surface area contributed by atoms with Crippen molar-refractivity contribution in [2.45, 2.75) is 46.1 Å². The smallest absolute Gasteiger partial charge is 0.0452 e. The van der Waals surface area contributed by atoms with Crippen molar-refractivity contribution in [1.82, 2.24) is 4.57 Å². The molecule has 3 rings (SSSR count). The van der Waals surface area contributed by atoms with Gasteiger partial charge in [-0.1, -0.05) is 32.9 Å². The number of fused-ring (bicyclic) bond motifs is 1. The molecule has 2 aromatic rings. The largest absolute Gasteiger partial charge is 0.324 e. The molecule has 0 aliphatic heterocycles. The molecule has 2 heteroatoms. The highest BCUT2D eigenvalue weighted by Gasteiger charge is 2.32. The van der Waals surface area contributed by atoms with Gasteiger partial charge in [0, 0.05) is 23.6 Å². The van der Waals surface area contributed by atoms with Crippen LogP contribution in [-0.2, 0) is 12.8 Å². The van der Waals surface area contributed by atoms with Gasteiger partial charge in [0.1, 0.15) is 0 Å². The van der Waals surface area contributed by atoms with Crippen molar-refractivity contribution >= 4 is 0 Å². The summed E-state index contributed by atoms with van der Waals surface area (Å²) in [6, 6.07) is 11.2. The van der Waals surface area contributed by atoms with Gasteiger partial charge in [-0.3, -0.25) is 0 Å². The molecule has 1 heterocycles. The Morgan fingerprint density at radius 1 is 1.20 bits per heavy atom. The van der Waals surface area contributed by atoms with Gasteiger partial charge < -0.3 is 10.3 Å². The van der Waals surface area contributed by atoms with Crippen LogP contribution in [0, 0.1) is 5.41 Å². The second kappa shape index (κ2) is 4.78. The maximum atomic E-state index is 6.35. The van der Waals surface area contributed by atoms with E-state index < -0.39 is 0 Å². The molecule has 1 aliphatic carbocycles. The van der Waals surface area contributed by atoms with E-state index in [1.807, 2.05) is 0 Å². The van der Waals surface area contributed by atoms with Crippen molar-refractivity contribution in [1.29, 1.82) is 0 Å². The van der Waals surface area contributed by atoms with Crippen LogP contribution >= 0.6 is 0 Å². The van der Waals surface area contributed by atoms with Gasteiger partial charge in [-0.25, -0.2) is 0 Å². The van der Waals surface area contributed by atoms with Crippen molar-refractivity contribution in [2.24, 2.45) is 11.1 Å².